The second-order valence-electron chi connectivity index (χ2n) is 5.57. The number of unbranched alkanes of at least 4 members (excludes halogenated alkanes) is 2. The van der Waals surface area contributed by atoms with Gasteiger partial charge in [0.2, 0.25) is 0 Å². The van der Waals surface area contributed by atoms with Crippen LogP contribution < -0.4 is 4.74 Å². The number of esters is 1. The Morgan fingerprint density at radius 3 is 2.48 bits per heavy atom. The van der Waals surface area contributed by atoms with Gasteiger partial charge >= 0.3 is 5.97 Å². The van der Waals surface area contributed by atoms with Crippen molar-refractivity contribution in [2.45, 2.75) is 32.8 Å². The van der Waals surface area contributed by atoms with Gasteiger partial charge in [0.15, 0.2) is 0 Å². The summed E-state index contributed by atoms with van der Waals surface area (Å²) in [6, 6.07) is 7.87. The summed E-state index contributed by atoms with van der Waals surface area (Å²) in [6.07, 6.45) is 12.4. The molecule has 0 bridgehead atoms. The lowest BCUT2D eigenvalue weighted by Crippen LogP contribution is -1.93. The molecular formula is C21H28O4. The van der Waals surface area contributed by atoms with E-state index in [0.717, 1.165) is 30.6 Å². The number of ether oxygens (including phenoxy) is 3. The highest BCUT2D eigenvalue weighted by Crippen LogP contribution is 2.12. The topological polar surface area (TPSA) is 44.8 Å². The number of hydrogen-bond acceptors (Lipinski definition) is 4. The molecule has 0 aromatic heterocycles. The van der Waals surface area contributed by atoms with Crippen molar-refractivity contribution < 1.29 is 19.0 Å². The van der Waals surface area contributed by atoms with Crippen molar-refractivity contribution in [3.05, 3.63) is 65.8 Å². The molecule has 0 atom stereocenters. The molecule has 0 fully saturated rings. The third-order valence-electron chi connectivity index (χ3n) is 3.52. The van der Waals surface area contributed by atoms with Crippen molar-refractivity contribution in [2.75, 3.05) is 20.8 Å². The van der Waals surface area contributed by atoms with Crippen LogP contribution in [0.1, 0.15) is 31.7 Å². The Hall–Kier alpha value is -2.33. The van der Waals surface area contributed by atoms with Gasteiger partial charge in [-0.15, -0.1) is 0 Å². The monoisotopic (exact) mass is 344 g/mol. The van der Waals surface area contributed by atoms with Gasteiger partial charge in [0.05, 0.1) is 27.4 Å². The van der Waals surface area contributed by atoms with E-state index < -0.39 is 0 Å². The van der Waals surface area contributed by atoms with Crippen LogP contribution in [0.4, 0.5) is 0 Å². The van der Waals surface area contributed by atoms with Crippen LogP contribution in [-0.2, 0) is 20.9 Å². The number of benzene rings is 1. The molecule has 136 valence electrons. The Morgan fingerprint density at radius 2 is 1.80 bits per heavy atom. The first kappa shape index (κ1) is 20.7. The Labute approximate surface area is 150 Å². The maximum atomic E-state index is 10.9. The Bertz CT molecular complexity index is 582. The normalized spacial score (nSPS) is 12.0. The minimum absolute atomic E-state index is 0.302. The molecule has 0 saturated heterocycles. The van der Waals surface area contributed by atoms with Gasteiger partial charge in [-0.25, -0.2) is 4.79 Å². The van der Waals surface area contributed by atoms with Gasteiger partial charge < -0.3 is 14.2 Å². The smallest absolute Gasteiger partial charge is 0.330 e. The largest absolute Gasteiger partial charge is 0.497 e. The summed E-state index contributed by atoms with van der Waals surface area (Å²) >= 11 is 0. The Balaban J connectivity index is 2.15. The first-order chi connectivity index (χ1) is 12.2. The van der Waals surface area contributed by atoms with E-state index in [1.54, 1.807) is 7.11 Å². The number of allylic oxidation sites excluding steroid dienone is 4. The van der Waals surface area contributed by atoms with Crippen molar-refractivity contribution >= 4 is 5.97 Å². The maximum Gasteiger partial charge on any atom is 0.330 e. The molecule has 0 radical (unpaired) electrons. The standard InChI is InChI=1S/C21H28O4/c1-18(9-6-4-5-7-11-21(22)24-3)10-8-16-25-17-19-12-14-20(23-2)15-13-19/h7-15H,4-6,16-17H2,1-3H3/b10-8+,11-7+,18-9+. The van der Waals surface area contributed by atoms with Gasteiger partial charge in [-0.1, -0.05) is 42.0 Å². The fraction of sp³-hybridized carbons (Fsp3) is 0.381. The molecule has 0 aliphatic rings. The van der Waals surface area contributed by atoms with Crippen LogP contribution >= 0.6 is 0 Å². The minimum atomic E-state index is -0.302. The minimum Gasteiger partial charge on any atom is -0.497 e. The molecule has 4 heteroatoms. The third kappa shape index (κ3) is 10.2. The van der Waals surface area contributed by atoms with Crippen LogP contribution in [-0.4, -0.2) is 26.8 Å². The number of rotatable bonds is 11. The van der Waals surface area contributed by atoms with Gasteiger partial charge in [0.1, 0.15) is 5.75 Å². The lowest BCUT2D eigenvalue weighted by atomic mass is 10.1. The van der Waals surface area contributed by atoms with E-state index in [9.17, 15) is 4.79 Å². The predicted molar refractivity (Wildman–Crippen MR) is 101 cm³/mol. The molecule has 0 heterocycles. The summed E-state index contributed by atoms with van der Waals surface area (Å²) in [7, 11) is 3.04. The highest BCUT2D eigenvalue weighted by atomic mass is 16.5. The van der Waals surface area contributed by atoms with E-state index in [1.807, 2.05) is 36.4 Å². The summed E-state index contributed by atoms with van der Waals surface area (Å²) in [4.78, 5) is 10.9. The van der Waals surface area contributed by atoms with Gasteiger partial charge in [-0.3, -0.25) is 0 Å². The molecule has 1 aromatic rings. The molecule has 4 nitrogen and oxygen atoms in total. The summed E-state index contributed by atoms with van der Waals surface area (Å²) in [5, 5.41) is 0. The van der Waals surface area contributed by atoms with Crippen molar-refractivity contribution in [3.63, 3.8) is 0 Å². The lowest BCUT2D eigenvalue weighted by Gasteiger charge is -2.03. The lowest BCUT2D eigenvalue weighted by molar-refractivity contribution is -0.134. The van der Waals surface area contributed by atoms with E-state index in [1.165, 1.54) is 18.8 Å². The molecule has 0 spiro atoms. The number of carbonyl (C=O) groups is 1. The van der Waals surface area contributed by atoms with E-state index in [4.69, 9.17) is 9.47 Å². The van der Waals surface area contributed by atoms with Crippen LogP contribution in [0.3, 0.4) is 0 Å². The van der Waals surface area contributed by atoms with Gasteiger partial charge in [0.25, 0.3) is 0 Å². The second kappa shape index (κ2) is 13.0. The maximum absolute atomic E-state index is 10.9. The van der Waals surface area contributed by atoms with Gasteiger partial charge in [0, 0.05) is 6.08 Å². The van der Waals surface area contributed by atoms with Crippen molar-refractivity contribution in [3.8, 4) is 5.75 Å². The van der Waals surface area contributed by atoms with Crippen LogP contribution in [0.25, 0.3) is 0 Å². The number of methoxy groups -OCH3 is 2. The molecular weight excluding hydrogens is 316 g/mol. The molecule has 1 aromatic carbocycles. The van der Waals surface area contributed by atoms with Gasteiger partial charge in [-0.05, 0) is 43.9 Å². The SMILES string of the molecule is COC(=O)/C=C/CCC/C=C(C)/C=C/COCc1ccc(OC)cc1. The van der Waals surface area contributed by atoms with Crippen LogP contribution in [0, 0.1) is 0 Å². The predicted octanol–water partition coefficient (Wildman–Crippen LogP) is 4.61. The summed E-state index contributed by atoms with van der Waals surface area (Å²) in [5.74, 6) is 0.550. The molecule has 0 N–H and O–H groups in total. The average molecular weight is 344 g/mol. The van der Waals surface area contributed by atoms with E-state index in [2.05, 4.69) is 23.8 Å². The van der Waals surface area contributed by atoms with Gasteiger partial charge in [-0.2, -0.15) is 0 Å². The molecule has 0 unspecified atom stereocenters. The summed E-state index contributed by atoms with van der Waals surface area (Å²) in [5.41, 5.74) is 2.34. The summed E-state index contributed by atoms with van der Waals surface area (Å²) < 4.78 is 15.3. The van der Waals surface area contributed by atoms with Crippen molar-refractivity contribution in [2.24, 2.45) is 0 Å². The Kier molecular flexibility index (Phi) is 10.8. The molecule has 1 rings (SSSR count). The van der Waals surface area contributed by atoms with Crippen molar-refractivity contribution in [1.82, 2.24) is 0 Å². The first-order valence-corrected chi connectivity index (χ1v) is 8.44. The third-order valence-corrected chi connectivity index (χ3v) is 3.52. The van der Waals surface area contributed by atoms with Crippen LogP contribution in [0.2, 0.25) is 0 Å². The molecule has 0 aliphatic carbocycles. The average Bonchev–Trinajstić information content (AvgIpc) is 2.64. The van der Waals surface area contributed by atoms with E-state index >= 15 is 0 Å². The quantitative estimate of drug-likeness (QED) is 0.254. The zero-order chi connectivity index (χ0) is 18.3. The van der Waals surface area contributed by atoms with E-state index in [-0.39, 0.29) is 5.97 Å². The summed E-state index contributed by atoms with van der Waals surface area (Å²) in [6.45, 7) is 3.24. The fourth-order valence-electron chi connectivity index (χ4n) is 2.08. The van der Waals surface area contributed by atoms with Crippen LogP contribution in [0.15, 0.2) is 60.2 Å². The zero-order valence-electron chi connectivity index (χ0n) is 15.4. The Morgan fingerprint density at radius 1 is 1.04 bits per heavy atom. The number of hydrogen-bond donors (Lipinski definition) is 0. The highest BCUT2D eigenvalue weighted by molar-refractivity contribution is 5.81. The first-order valence-electron chi connectivity index (χ1n) is 8.44. The molecule has 0 amide bonds. The molecule has 25 heavy (non-hydrogen) atoms. The zero-order valence-corrected chi connectivity index (χ0v) is 15.4. The molecule has 0 saturated carbocycles. The van der Waals surface area contributed by atoms with E-state index in [0.29, 0.717) is 13.2 Å². The van der Waals surface area contributed by atoms with Crippen molar-refractivity contribution in [1.29, 1.82) is 0 Å². The van der Waals surface area contributed by atoms with Crippen LogP contribution in [0.5, 0.6) is 5.75 Å². The molecule has 0 aliphatic heterocycles. The number of carbonyl (C=O) groups excluding carboxylic acids is 1. The fourth-order valence-corrected chi connectivity index (χ4v) is 2.08. The highest BCUT2D eigenvalue weighted by Gasteiger charge is 1.94. The second-order valence-corrected chi connectivity index (χ2v) is 5.57.